The molecule has 3 amide bonds. The van der Waals surface area contributed by atoms with Crippen LogP contribution in [0.3, 0.4) is 0 Å². The number of carbonyl (C=O) groups is 3. The molecule has 3 atom stereocenters. The number of hydrogen-bond donors (Lipinski definition) is 5. The van der Waals surface area contributed by atoms with Crippen molar-refractivity contribution in [2.24, 2.45) is 5.84 Å². The summed E-state index contributed by atoms with van der Waals surface area (Å²) < 4.78 is 16.6. The van der Waals surface area contributed by atoms with Crippen molar-refractivity contribution < 1.29 is 33.5 Å². The maximum Gasteiger partial charge on any atom is 0.435 e. The molecule has 12 heteroatoms. The van der Waals surface area contributed by atoms with E-state index in [0.717, 1.165) is 0 Å². The van der Waals surface area contributed by atoms with Crippen molar-refractivity contribution in [2.45, 2.75) is 19.0 Å². The normalized spacial score (nSPS) is 25.2. The zero-order chi connectivity index (χ0) is 14.8. The van der Waals surface area contributed by atoms with E-state index in [4.69, 9.17) is 10.9 Å². The van der Waals surface area contributed by atoms with Gasteiger partial charge >= 0.3 is 13.8 Å². The standard InChI is InChI=1S/C7H13N4O7P/c1-3-5(9-7(14)15)6(13)11(3)19(16,17)18-2-4(12)10-8/h3,5,9H,2,8H2,1H3,(H,10,12)(H,14,15)(H,16,17)/t3-,5-/m0/s1. The Morgan fingerprint density at radius 1 is 1.58 bits per heavy atom. The summed E-state index contributed by atoms with van der Waals surface area (Å²) in [4.78, 5) is 42.2. The Morgan fingerprint density at radius 3 is 2.58 bits per heavy atom. The van der Waals surface area contributed by atoms with Crippen LogP contribution in [0, 0.1) is 0 Å². The van der Waals surface area contributed by atoms with Crippen LogP contribution in [-0.2, 0) is 18.7 Å². The zero-order valence-electron chi connectivity index (χ0n) is 9.77. The summed E-state index contributed by atoms with van der Waals surface area (Å²) in [5.74, 6) is 2.99. The second-order valence-electron chi connectivity index (χ2n) is 3.68. The third kappa shape index (κ3) is 3.20. The van der Waals surface area contributed by atoms with Crippen molar-refractivity contribution in [2.75, 3.05) is 6.61 Å². The van der Waals surface area contributed by atoms with E-state index >= 15 is 0 Å². The lowest BCUT2D eigenvalue weighted by atomic mass is 10.0. The van der Waals surface area contributed by atoms with E-state index in [1.54, 1.807) is 5.43 Å². The molecule has 0 radical (unpaired) electrons. The Bertz CT molecular complexity index is 455. The van der Waals surface area contributed by atoms with Crippen LogP contribution in [0.15, 0.2) is 0 Å². The van der Waals surface area contributed by atoms with Gasteiger partial charge in [0.2, 0.25) is 0 Å². The van der Waals surface area contributed by atoms with Gasteiger partial charge in [0, 0.05) is 0 Å². The highest BCUT2D eigenvalue weighted by atomic mass is 31.2. The minimum Gasteiger partial charge on any atom is -0.465 e. The highest BCUT2D eigenvalue weighted by Gasteiger charge is 2.54. The summed E-state index contributed by atoms with van der Waals surface area (Å²) in [6, 6.07) is -2.00. The Kier molecular flexibility index (Phi) is 4.48. The summed E-state index contributed by atoms with van der Waals surface area (Å²) in [7, 11) is -4.52. The van der Waals surface area contributed by atoms with Crippen LogP contribution in [0.4, 0.5) is 4.79 Å². The van der Waals surface area contributed by atoms with E-state index in [-0.39, 0.29) is 0 Å². The van der Waals surface area contributed by atoms with Crippen molar-refractivity contribution in [3.05, 3.63) is 0 Å². The number of amides is 3. The number of β-lactam (4-membered cyclic amide) rings is 1. The van der Waals surface area contributed by atoms with Crippen LogP contribution in [0.5, 0.6) is 0 Å². The van der Waals surface area contributed by atoms with Crippen LogP contribution in [-0.4, -0.2) is 51.3 Å². The van der Waals surface area contributed by atoms with Gasteiger partial charge in [-0.15, -0.1) is 0 Å². The Morgan fingerprint density at radius 2 is 2.16 bits per heavy atom. The summed E-state index contributed by atoms with van der Waals surface area (Å²) in [6.45, 7) is 0.551. The average molecular weight is 296 g/mol. The van der Waals surface area contributed by atoms with E-state index in [1.165, 1.54) is 6.92 Å². The van der Waals surface area contributed by atoms with E-state index in [0.29, 0.717) is 4.67 Å². The number of rotatable bonds is 5. The van der Waals surface area contributed by atoms with E-state index in [1.807, 2.05) is 5.32 Å². The van der Waals surface area contributed by atoms with E-state index in [2.05, 4.69) is 4.52 Å². The highest BCUT2D eigenvalue weighted by molar-refractivity contribution is 7.51. The molecule has 0 aromatic rings. The Balaban J connectivity index is 2.66. The van der Waals surface area contributed by atoms with Gasteiger partial charge in [0.25, 0.3) is 11.8 Å². The molecule has 1 unspecified atom stereocenters. The van der Waals surface area contributed by atoms with Crippen LogP contribution >= 0.6 is 7.75 Å². The Hall–Kier alpha value is -1.68. The first-order chi connectivity index (χ1) is 8.70. The lowest BCUT2D eigenvalue weighted by Gasteiger charge is -2.45. The third-order valence-corrected chi connectivity index (χ3v) is 4.01. The molecule has 1 heterocycles. The molecule has 1 aliphatic heterocycles. The number of carbonyl (C=O) groups excluding carboxylic acids is 2. The van der Waals surface area contributed by atoms with Gasteiger partial charge in [-0.25, -0.2) is 19.9 Å². The zero-order valence-corrected chi connectivity index (χ0v) is 10.7. The minimum atomic E-state index is -4.52. The Labute approximate surface area is 107 Å². The molecule has 11 nitrogen and oxygen atoms in total. The summed E-state index contributed by atoms with van der Waals surface area (Å²) in [6.07, 6.45) is -1.43. The van der Waals surface area contributed by atoms with Crippen molar-refractivity contribution in [1.82, 2.24) is 15.4 Å². The summed E-state index contributed by atoms with van der Waals surface area (Å²) in [5.41, 5.74) is 1.68. The van der Waals surface area contributed by atoms with Crippen LogP contribution < -0.4 is 16.6 Å². The molecule has 0 saturated carbocycles. The van der Waals surface area contributed by atoms with Gasteiger partial charge in [0.1, 0.15) is 12.6 Å². The second-order valence-corrected chi connectivity index (χ2v) is 5.35. The number of hydrogen-bond acceptors (Lipinski definition) is 6. The summed E-state index contributed by atoms with van der Waals surface area (Å²) in [5, 5.41) is 10.4. The molecule has 1 aliphatic rings. The minimum absolute atomic E-state index is 0.484. The highest BCUT2D eigenvalue weighted by Crippen LogP contribution is 2.52. The predicted octanol–water partition coefficient (Wildman–Crippen LogP) is -2.04. The quantitative estimate of drug-likeness (QED) is 0.127. The van der Waals surface area contributed by atoms with Crippen molar-refractivity contribution in [3.8, 4) is 0 Å². The van der Waals surface area contributed by atoms with Crippen LogP contribution in [0.2, 0.25) is 0 Å². The van der Waals surface area contributed by atoms with Crippen molar-refractivity contribution in [3.63, 3.8) is 0 Å². The molecule has 1 saturated heterocycles. The monoisotopic (exact) mass is 296 g/mol. The SMILES string of the molecule is C[C@H]1[C@H](NC(=O)O)C(=O)N1P(=O)(O)OCC(=O)NN. The van der Waals surface area contributed by atoms with E-state index in [9.17, 15) is 23.8 Å². The number of nitrogens with two attached hydrogens (primary N) is 1. The number of nitrogens with one attached hydrogen (secondary N) is 2. The molecule has 0 aromatic carbocycles. The molecule has 0 aliphatic carbocycles. The van der Waals surface area contributed by atoms with Gasteiger partial charge in [-0.2, -0.15) is 0 Å². The molecule has 0 aromatic heterocycles. The molecule has 0 spiro atoms. The van der Waals surface area contributed by atoms with Crippen molar-refractivity contribution in [1.29, 1.82) is 0 Å². The molecular weight excluding hydrogens is 283 g/mol. The maximum atomic E-state index is 11.7. The first kappa shape index (κ1) is 15.4. The van der Waals surface area contributed by atoms with E-state index < -0.39 is 44.3 Å². The van der Waals surface area contributed by atoms with Crippen molar-refractivity contribution >= 4 is 25.7 Å². The molecule has 0 bridgehead atoms. The maximum absolute atomic E-state index is 11.7. The van der Waals surface area contributed by atoms with Gasteiger partial charge in [0.05, 0.1) is 6.04 Å². The van der Waals surface area contributed by atoms with Gasteiger partial charge in [0.15, 0.2) is 0 Å². The van der Waals surface area contributed by atoms with Gasteiger partial charge in [-0.05, 0) is 6.92 Å². The molecule has 6 N–H and O–H groups in total. The molecule has 108 valence electrons. The summed E-state index contributed by atoms with van der Waals surface area (Å²) >= 11 is 0. The first-order valence-electron chi connectivity index (χ1n) is 5.00. The van der Waals surface area contributed by atoms with Gasteiger partial charge in [-0.3, -0.25) is 19.5 Å². The van der Waals surface area contributed by atoms with Crippen LogP contribution in [0.1, 0.15) is 6.92 Å². The smallest absolute Gasteiger partial charge is 0.435 e. The van der Waals surface area contributed by atoms with Gasteiger partial charge < -0.3 is 15.3 Å². The first-order valence-corrected chi connectivity index (χ1v) is 6.53. The average Bonchev–Trinajstić information content (AvgIpc) is 2.33. The topological polar surface area (TPSA) is 171 Å². The lowest BCUT2D eigenvalue weighted by molar-refractivity contribution is -0.143. The molecule has 19 heavy (non-hydrogen) atoms. The number of nitrogens with zero attached hydrogens (tertiary/aromatic N) is 1. The number of carboxylic acid groups (broad SMARTS) is 1. The fourth-order valence-electron chi connectivity index (χ4n) is 1.53. The molecule has 1 rings (SSSR count). The predicted molar refractivity (Wildman–Crippen MR) is 59.4 cm³/mol. The second kappa shape index (κ2) is 5.53. The van der Waals surface area contributed by atoms with Crippen LogP contribution in [0.25, 0.3) is 0 Å². The lowest BCUT2D eigenvalue weighted by Crippen LogP contribution is -2.68. The number of hydrazine groups is 1. The molecular formula is C7H13N4O7P. The fraction of sp³-hybridized carbons (Fsp3) is 0.571. The van der Waals surface area contributed by atoms with Gasteiger partial charge in [-0.1, -0.05) is 0 Å². The fourth-order valence-corrected chi connectivity index (χ4v) is 2.90. The third-order valence-electron chi connectivity index (χ3n) is 2.44. The molecule has 1 fully saturated rings. The largest absolute Gasteiger partial charge is 0.465 e.